The topological polar surface area (TPSA) is 60.9 Å². The Balaban J connectivity index is 2.66. The first-order valence-electron chi connectivity index (χ1n) is 4.39. The molecule has 0 atom stereocenters. The molecule has 2 rings (SSSR count). The van der Waals surface area contributed by atoms with Gasteiger partial charge in [0.2, 0.25) is 0 Å². The van der Waals surface area contributed by atoms with Crippen molar-refractivity contribution in [2.24, 2.45) is 0 Å². The Morgan fingerprint density at radius 3 is 2.88 bits per heavy atom. The Kier molecular flexibility index (Phi) is 2.74. The van der Waals surface area contributed by atoms with E-state index in [0.717, 1.165) is 10.9 Å². The molecule has 0 fully saturated rings. The van der Waals surface area contributed by atoms with Crippen LogP contribution in [0, 0.1) is 5.82 Å². The zero-order valence-electron chi connectivity index (χ0n) is 8.02. The van der Waals surface area contributed by atoms with E-state index in [1.807, 2.05) is 0 Å². The molecule has 2 N–H and O–H groups in total. The van der Waals surface area contributed by atoms with Gasteiger partial charge >= 0.3 is 0 Å². The summed E-state index contributed by atoms with van der Waals surface area (Å²) in [6, 6.07) is 6.62. The molecule has 2 aromatic rings. The largest absolute Gasteiger partial charge is 0.399 e. The van der Waals surface area contributed by atoms with E-state index >= 15 is 0 Å². The van der Waals surface area contributed by atoms with Gasteiger partial charge in [0.25, 0.3) is 5.56 Å². The first kappa shape index (κ1) is 10.8. The van der Waals surface area contributed by atoms with Crippen molar-refractivity contribution in [3.05, 3.63) is 51.1 Å². The van der Waals surface area contributed by atoms with Gasteiger partial charge in [-0.3, -0.25) is 4.79 Å². The summed E-state index contributed by atoms with van der Waals surface area (Å²) in [5, 5.41) is 3.69. The zero-order valence-corrected chi connectivity index (χ0v) is 9.61. The summed E-state index contributed by atoms with van der Waals surface area (Å²) in [5.74, 6) is -0.690. The molecule has 1 heterocycles. The lowest BCUT2D eigenvalue weighted by Crippen LogP contribution is -2.22. The number of hydrogen-bond donors (Lipinski definition) is 1. The fourth-order valence-corrected chi connectivity index (χ4v) is 1.52. The van der Waals surface area contributed by atoms with Crippen molar-refractivity contribution >= 4 is 21.6 Å². The molecule has 0 amide bonds. The molecule has 0 spiro atoms. The smallest absolute Gasteiger partial charge is 0.288 e. The van der Waals surface area contributed by atoms with Gasteiger partial charge in [-0.1, -0.05) is 6.07 Å². The molecule has 1 aromatic heterocycles. The highest BCUT2D eigenvalue weighted by atomic mass is 79.9. The lowest BCUT2D eigenvalue weighted by atomic mass is 10.3. The maximum Gasteiger partial charge on any atom is 0.288 e. The predicted octanol–water partition coefficient (Wildman–Crippen LogP) is 1.72. The van der Waals surface area contributed by atoms with Crippen LogP contribution in [0.1, 0.15) is 0 Å². The fraction of sp³-hybridized carbons (Fsp3) is 0. The lowest BCUT2D eigenvalue weighted by molar-refractivity contribution is 0.592. The van der Waals surface area contributed by atoms with Crippen molar-refractivity contribution in [2.45, 2.75) is 0 Å². The van der Waals surface area contributed by atoms with Crippen molar-refractivity contribution in [3.63, 3.8) is 0 Å². The SMILES string of the molecule is Nc1cccc(-n2ncc(F)c(Br)c2=O)c1. The number of nitrogens with zero attached hydrogens (tertiary/aromatic N) is 2. The minimum atomic E-state index is -0.690. The monoisotopic (exact) mass is 283 g/mol. The minimum Gasteiger partial charge on any atom is -0.399 e. The second kappa shape index (κ2) is 4.05. The van der Waals surface area contributed by atoms with Gasteiger partial charge in [0.05, 0.1) is 11.9 Å². The minimum absolute atomic E-state index is 0.148. The Morgan fingerprint density at radius 1 is 1.44 bits per heavy atom. The van der Waals surface area contributed by atoms with Crippen LogP contribution < -0.4 is 11.3 Å². The van der Waals surface area contributed by atoms with E-state index in [2.05, 4.69) is 21.0 Å². The molecule has 16 heavy (non-hydrogen) atoms. The van der Waals surface area contributed by atoms with Crippen molar-refractivity contribution in [1.29, 1.82) is 0 Å². The number of rotatable bonds is 1. The second-order valence-corrected chi connectivity index (χ2v) is 3.91. The van der Waals surface area contributed by atoms with Crippen LogP contribution in [0.2, 0.25) is 0 Å². The summed E-state index contributed by atoms with van der Waals surface area (Å²) in [6.45, 7) is 0. The predicted molar refractivity (Wildman–Crippen MR) is 61.9 cm³/mol. The fourth-order valence-electron chi connectivity index (χ4n) is 1.25. The van der Waals surface area contributed by atoms with Gasteiger partial charge in [0.1, 0.15) is 4.47 Å². The molecule has 0 saturated heterocycles. The molecule has 0 bridgehead atoms. The molecule has 0 aliphatic carbocycles. The van der Waals surface area contributed by atoms with Gasteiger partial charge in [0.15, 0.2) is 5.82 Å². The number of halogens is 2. The van der Waals surface area contributed by atoms with Crippen LogP contribution in [0.4, 0.5) is 10.1 Å². The first-order chi connectivity index (χ1) is 7.59. The van der Waals surface area contributed by atoms with Crippen molar-refractivity contribution in [1.82, 2.24) is 9.78 Å². The van der Waals surface area contributed by atoms with Crippen LogP contribution in [-0.2, 0) is 0 Å². The average Bonchev–Trinajstić information content (AvgIpc) is 2.26. The third-order valence-electron chi connectivity index (χ3n) is 1.99. The molecule has 4 nitrogen and oxygen atoms in total. The Morgan fingerprint density at radius 2 is 2.19 bits per heavy atom. The molecule has 0 aliphatic rings. The zero-order chi connectivity index (χ0) is 11.7. The molecular formula is C10H7BrFN3O. The van der Waals surface area contributed by atoms with E-state index in [9.17, 15) is 9.18 Å². The number of hydrogen-bond acceptors (Lipinski definition) is 3. The van der Waals surface area contributed by atoms with E-state index in [0.29, 0.717) is 11.4 Å². The third-order valence-corrected chi connectivity index (χ3v) is 2.71. The van der Waals surface area contributed by atoms with Crippen molar-refractivity contribution in [2.75, 3.05) is 5.73 Å². The van der Waals surface area contributed by atoms with Crippen LogP contribution in [-0.4, -0.2) is 9.78 Å². The van der Waals surface area contributed by atoms with E-state index < -0.39 is 11.4 Å². The molecule has 1 aromatic carbocycles. The van der Waals surface area contributed by atoms with Crippen LogP contribution in [0.5, 0.6) is 0 Å². The summed E-state index contributed by atoms with van der Waals surface area (Å²) in [6.07, 6.45) is 0.967. The summed E-state index contributed by atoms with van der Waals surface area (Å²) < 4.78 is 13.9. The number of aromatic nitrogens is 2. The molecule has 0 unspecified atom stereocenters. The van der Waals surface area contributed by atoms with Gasteiger partial charge in [-0.15, -0.1) is 0 Å². The van der Waals surface area contributed by atoms with Crippen molar-refractivity contribution < 1.29 is 4.39 Å². The van der Waals surface area contributed by atoms with E-state index in [4.69, 9.17) is 5.73 Å². The van der Waals surface area contributed by atoms with Crippen LogP contribution in [0.15, 0.2) is 39.7 Å². The van der Waals surface area contributed by atoms with Gasteiger partial charge in [-0.05, 0) is 34.1 Å². The molecule has 0 radical (unpaired) electrons. The Hall–Kier alpha value is -1.69. The van der Waals surface area contributed by atoms with Gasteiger partial charge in [-0.2, -0.15) is 9.78 Å². The highest BCUT2D eigenvalue weighted by Crippen LogP contribution is 2.12. The molecule has 0 aliphatic heterocycles. The molecule has 6 heteroatoms. The summed E-state index contributed by atoms with van der Waals surface area (Å²) >= 11 is 2.87. The van der Waals surface area contributed by atoms with E-state index in [-0.39, 0.29) is 4.47 Å². The molecular weight excluding hydrogens is 277 g/mol. The first-order valence-corrected chi connectivity index (χ1v) is 5.18. The maximum atomic E-state index is 13.0. The number of nitrogens with two attached hydrogens (primary N) is 1. The maximum absolute atomic E-state index is 13.0. The highest BCUT2D eigenvalue weighted by molar-refractivity contribution is 9.10. The summed E-state index contributed by atoms with van der Waals surface area (Å²) in [7, 11) is 0. The highest BCUT2D eigenvalue weighted by Gasteiger charge is 2.09. The summed E-state index contributed by atoms with van der Waals surface area (Å²) in [4.78, 5) is 11.7. The third kappa shape index (κ3) is 1.83. The second-order valence-electron chi connectivity index (χ2n) is 3.12. The van der Waals surface area contributed by atoms with E-state index in [1.165, 1.54) is 0 Å². The summed E-state index contributed by atoms with van der Waals surface area (Å²) in [5.41, 5.74) is 6.02. The number of benzene rings is 1. The average molecular weight is 284 g/mol. The number of anilines is 1. The molecule has 82 valence electrons. The van der Waals surface area contributed by atoms with Crippen molar-refractivity contribution in [3.8, 4) is 5.69 Å². The Labute approximate surface area is 98.6 Å². The van der Waals surface area contributed by atoms with Crippen LogP contribution in [0.3, 0.4) is 0 Å². The van der Waals surface area contributed by atoms with Gasteiger partial charge in [-0.25, -0.2) is 4.39 Å². The molecule has 0 saturated carbocycles. The normalized spacial score (nSPS) is 10.4. The quantitative estimate of drug-likeness (QED) is 0.811. The van der Waals surface area contributed by atoms with Crippen LogP contribution in [0.25, 0.3) is 5.69 Å². The van der Waals surface area contributed by atoms with Crippen LogP contribution >= 0.6 is 15.9 Å². The van der Waals surface area contributed by atoms with Gasteiger partial charge < -0.3 is 5.73 Å². The van der Waals surface area contributed by atoms with Gasteiger partial charge in [0, 0.05) is 5.69 Å². The lowest BCUT2D eigenvalue weighted by Gasteiger charge is -2.05. The number of nitrogen functional groups attached to an aromatic ring is 1. The van der Waals surface area contributed by atoms with E-state index in [1.54, 1.807) is 24.3 Å². The Bertz CT molecular complexity index is 597. The standard InChI is InChI=1S/C10H7BrFN3O/c11-9-8(12)5-14-15(10(9)16)7-3-1-2-6(13)4-7/h1-5H,13H2.